The van der Waals surface area contributed by atoms with E-state index in [1.54, 1.807) is 54.9 Å². The maximum Gasteiger partial charge on any atom is 0.295 e. The number of carbonyl (C=O) groups is 2. The molecule has 2 aliphatic heterocycles. The largest absolute Gasteiger partial charge is 0.507 e. The Balaban J connectivity index is 1.61. The van der Waals surface area contributed by atoms with Crippen LogP contribution in [0.5, 0.6) is 11.5 Å². The highest BCUT2D eigenvalue weighted by Gasteiger charge is 2.46. The van der Waals surface area contributed by atoms with Crippen molar-refractivity contribution in [2.45, 2.75) is 12.6 Å². The van der Waals surface area contributed by atoms with Crippen LogP contribution < -0.4 is 9.47 Å². The summed E-state index contributed by atoms with van der Waals surface area (Å²) < 4.78 is 24.5. The Morgan fingerprint density at radius 1 is 1.00 bits per heavy atom. The summed E-state index contributed by atoms with van der Waals surface area (Å²) in [6.07, 6.45) is 3.11. The number of halogens is 1. The number of benzene rings is 2. The van der Waals surface area contributed by atoms with Gasteiger partial charge in [0.2, 0.25) is 0 Å². The molecule has 3 heterocycles. The maximum absolute atomic E-state index is 13.4. The van der Waals surface area contributed by atoms with E-state index in [0.717, 1.165) is 0 Å². The van der Waals surface area contributed by atoms with Crippen molar-refractivity contribution in [3.05, 3.63) is 95.1 Å². The number of ketones is 1. The Kier molecular flexibility index (Phi) is 5.26. The molecule has 33 heavy (non-hydrogen) atoms. The van der Waals surface area contributed by atoms with Crippen LogP contribution in [-0.2, 0) is 16.1 Å². The number of aliphatic hydroxyl groups is 1. The predicted molar refractivity (Wildman–Crippen MR) is 116 cm³/mol. The third-order valence-electron chi connectivity index (χ3n) is 5.64. The number of amides is 1. The number of nitrogens with zero attached hydrogens (tertiary/aromatic N) is 2. The standard InChI is InChI=1S/C25H19FN2O5/c26-18-4-1-15(2-5-18)14-28-22(16-7-9-27-10-8-16)21(24(30)25(28)31)23(29)17-3-6-19-20(13-17)33-12-11-32-19/h1-10,13,22,29H,11-12,14H2/b23-21-. The summed E-state index contributed by atoms with van der Waals surface area (Å²) >= 11 is 0. The van der Waals surface area contributed by atoms with Crippen LogP contribution in [0.15, 0.2) is 72.6 Å². The number of aliphatic hydroxyl groups excluding tert-OH is 1. The van der Waals surface area contributed by atoms with Gasteiger partial charge < -0.3 is 19.5 Å². The Hall–Kier alpha value is -4.20. The molecule has 1 N–H and O–H groups in total. The maximum atomic E-state index is 13.4. The minimum absolute atomic E-state index is 0.0370. The molecule has 5 rings (SSSR count). The zero-order chi connectivity index (χ0) is 22.9. The third-order valence-corrected chi connectivity index (χ3v) is 5.64. The second-order valence-corrected chi connectivity index (χ2v) is 7.69. The van der Waals surface area contributed by atoms with Crippen molar-refractivity contribution < 1.29 is 28.6 Å². The fraction of sp³-hybridized carbons (Fsp3) is 0.160. The van der Waals surface area contributed by atoms with Crippen molar-refractivity contribution in [1.82, 2.24) is 9.88 Å². The van der Waals surface area contributed by atoms with Crippen molar-refractivity contribution in [3.63, 3.8) is 0 Å². The van der Waals surface area contributed by atoms with Gasteiger partial charge in [0.15, 0.2) is 11.5 Å². The Labute approximate surface area is 188 Å². The van der Waals surface area contributed by atoms with E-state index in [4.69, 9.17) is 9.47 Å². The average Bonchev–Trinajstić information content (AvgIpc) is 3.10. The summed E-state index contributed by atoms with van der Waals surface area (Å²) in [5, 5.41) is 11.2. The Bertz CT molecular complexity index is 1260. The molecule has 166 valence electrons. The number of aromatic nitrogens is 1. The van der Waals surface area contributed by atoms with Gasteiger partial charge in [-0.25, -0.2) is 4.39 Å². The van der Waals surface area contributed by atoms with Crippen LogP contribution in [0.1, 0.15) is 22.7 Å². The summed E-state index contributed by atoms with van der Waals surface area (Å²) in [5.74, 6) is -1.27. The molecule has 1 unspecified atom stereocenters. The van der Waals surface area contributed by atoms with Crippen LogP contribution in [0.2, 0.25) is 0 Å². The highest BCUT2D eigenvalue weighted by molar-refractivity contribution is 6.46. The molecule has 1 fully saturated rings. The number of hydrogen-bond donors (Lipinski definition) is 1. The van der Waals surface area contributed by atoms with Crippen molar-refractivity contribution in [2.75, 3.05) is 13.2 Å². The first-order valence-corrected chi connectivity index (χ1v) is 10.4. The van der Waals surface area contributed by atoms with Crippen molar-refractivity contribution >= 4 is 17.4 Å². The number of ether oxygens (including phenoxy) is 2. The zero-order valence-corrected chi connectivity index (χ0v) is 17.4. The van der Waals surface area contributed by atoms with Crippen LogP contribution >= 0.6 is 0 Å². The molecule has 2 aromatic carbocycles. The summed E-state index contributed by atoms with van der Waals surface area (Å²) in [6.45, 7) is 0.862. The fourth-order valence-electron chi connectivity index (χ4n) is 4.07. The summed E-state index contributed by atoms with van der Waals surface area (Å²) in [5.41, 5.74) is 1.56. The number of Topliss-reactive ketones (excluding diaryl/α,β-unsaturated/α-hetero) is 1. The van der Waals surface area contributed by atoms with Crippen LogP contribution in [-0.4, -0.2) is 39.9 Å². The lowest BCUT2D eigenvalue weighted by atomic mass is 9.95. The SMILES string of the molecule is O=C1C(=O)N(Cc2ccc(F)cc2)C(c2ccncc2)/C1=C(/O)c1ccc2c(c1)OCCO2. The second kappa shape index (κ2) is 8.38. The monoisotopic (exact) mass is 446 g/mol. The smallest absolute Gasteiger partial charge is 0.295 e. The van der Waals surface area contributed by atoms with Crippen LogP contribution in [0.3, 0.4) is 0 Å². The fourth-order valence-corrected chi connectivity index (χ4v) is 4.07. The molecule has 1 saturated heterocycles. The molecule has 8 heteroatoms. The normalized spacial score (nSPS) is 19.1. The van der Waals surface area contributed by atoms with Gasteiger partial charge in [0, 0.05) is 24.5 Å². The van der Waals surface area contributed by atoms with Crippen LogP contribution in [0.4, 0.5) is 4.39 Å². The van der Waals surface area contributed by atoms with Gasteiger partial charge >= 0.3 is 0 Å². The van der Waals surface area contributed by atoms with Crippen molar-refractivity contribution in [3.8, 4) is 11.5 Å². The predicted octanol–water partition coefficient (Wildman–Crippen LogP) is 3.61. The summed E-state index contributed by atoms with van der Waals surface area (Å²) in [7, 11) is 0. The van der Waals surface area contributed by atoms with Gasteiger partial charge in [0.1, 0.15) is 24.8 Å². The Morgan fingerprint density at radius 3 is 2.42 bits per heavy atom. The van der Waals surface area contributed by atoms with E-state index in [1.165, 1.54) is 17.0 Å². The van der Waals surface area contributed by atoms with E-state index >= 15 is 0 Å². The highest BCUT2D eigenvalue weighted by Crippen LogP contribution is 2.41. The van der Waals surface area contributed by atoms with E-state index in [-0.39, 0.29) is 17.9 Å². The summed E-state index contributed by atoms with van der Waals surface area (Å²) in [4.78, 5) is 31.5. The topological polar surface area (TPSA) is 89.0 Å². The molecular formula is C25H19FN2O5. The van der Waals surface area contributed by atoms with Gasteiger partial charge in [-0.2, -0.15) is 0 Å². The van der Waals surface area contributed by atoms with Gasteiger partial charge in [-0.3, -0.25) is 14.6 Å². The average molecular weight is 446 g/mol. The van der Waals surface area contributed by atoms with Crippen molar-refractivity contribution in [1.29, 1.82) is 0 Å². The van der Waals surface area contributed by atoms with Crippen molar-refractivity contribution in [2.24, 2.45) is 0 Å². The molecular weight excluding hydrogens is 427 g/mol. The molecule has 0 radical (unpaired) electrons. The second-order valence-electron chi connectivity index (χ2n) is 7.69. The molecule has 7 nitrogen and oxygen atoms in total. The number of hydrogen-bond acceptors (Lipinski definition) is 6. The van der Waals surface area contributed by atoms with Gasteiger partial charge in [-0.1, -0.05) is 12.1 Å². The van der Waals surface area contributed by atoms with E-state index < -0.39 is 23.5 Å². The first kappa shape index (κ1) is 20.7. The van der Waals surface area contributed by atoms with Gasteiger partial charge in [-0.15, -0.1) is 0 Å². The third kappa shape index (κ3) is 3.80. The molecule has 0 aliphatic carbocycles. The molecule has 1 atom stereocenters. The first-order chi connectivity index (χ1) is 16.0. The molecule has 2 aliphatic rings. The van der Waals surface area contributed by atoms with E-state index in [0.29, 0.717) is 41.4 Å². The lowest BCUT2D eigenvalue weighted by Gasteiger charge is -2.25. The number of rotatable bonds is 4. The molecule has 3 aromatic rings. The summed E-state index contributed by atoms with van der Waals surface area (Å²) in [6, 6.07) is 13.1. The van der Waals surface area contributed by atoms with E-state index in [1.807, 2.05) is 0 Å². The molecule has 1 amide bonds. The molecule has 0 bridgehead atoms. The highest BCUT2D eigenvalue weighted by atomic mass is 19.1. The minimum Gasteiger partial charge on any atom is -0.507 e. The van der Waals surface area contributed by atoms with E-state index in [9.17, 15) is 19.1 Å². The lowest BCUT2D eigenvalue weighted by molar-refractivity contribution is -0.140. The lowest BCUT2D eigenvalue weighted by Crippen LogP contribution is -2.29. The molecule has 0 saturated carbocycles. The van der Waals surface area contributed by atoms with E-state index in [2.05, 4.69) is 4.98 Å². The number of carbonyl (C=O) groups excluding carboxylic acids is 2. The number of likely N-dealkylation sites (tertiary alicyclic amines) is 1. The Morgan fingerprint density at radius 2 is 1.70 bits per heavy atom. The zero-order valence-electron chi connectivity index (χ0n) is 17.4. The first-order valence-electron chi connectivity index (χ1n) is 10.4. The van der Waals surface area contributed by atoms with Gasteiger partial charge in [-0.05, 0) is 53.6 Å². The number of pyridine rings is 1. The quantitative estimate of drug-likeness (QED) is 0.374. The molecule has 1 aromatic heterocycles. The van der Waals surface area contributed by atoms with Crippen LogP contribution in [0, 0.1) is 5.82 Å². The molecule has 0 spiro atoms. The van der Waals surface area contributed by atoms with Gasteiger partial charge in [0.05, 0.1) is 11.6 Å². The number of fused-ring (bicyclic) bond motifs is 1. The minimum atomic E-state index is -0.841. The van der Waals surface area contributed by atoms with Gasteiger partial charge in [0.25, 0.3) is 11.7 Å². The van der Waals surface area contributed by atoms with Crippen LogP contribution in [0.25, 0.3) is 5.76 Å².